The molecule has 0 saturated heterocycles. The Morgan fingerprint density at radius 3 is 1.69 bits per heavy atom. The van der Waals surface area contributed by atoms with Crippen LogP contribution in [0.15, 0.2) is 168 Å². The zero-order chi connectivity index (χ0) is 36.3. The zero-order valence-electron chi connectivity index (χ0n) is 30.4. The fourth-order valence-corrected chi connectivity index (χ4v) is 9.26. The summed E-state index contributed by atoms with van der Waals surface area (Å²) in [7, 11) is 0. The molecule has 0 radical (unpaired) electrons. The number of hydrogen-bond acceptors (Lipinski definition) is 4. The summed E-state index contributed by atoms with van der Waals surface area (Å²) in [6, 6.07) is 58.2. The number of hydrogen-bond donors (Lipinski definition) is 0. The quantitative estimate of drug-likeness (QED) is 0.179. The topological polar surface area (TPSA) is 51.8 Å². The molecule has 4 heteroatoms. The van der Waals surface area contributed by atoms with Crippen molar-refractivity contribution in [2.75, 3.05) is 0 Å². The third-order valence-corrected chi connectivity index (χ3v) is 12.0. The molecule has 2 aromatic heterocycles. The number of nitrogens with zero attached hydrogens (tertiary/aromatic N) is 3. The Hall–Kier alpha value is -6.65. The van der Waals surface area contributed by atoms with Crippen molar-refractivity contribution in [3.05, 3.63) is 175 Å². The number of benzene rings is 7. The Balaban J connectivity index is 0.927. The predicted octanol–water partition coefficient (Wildman–Crippen LogP) is 13.3. The Bertz CT molecular complexity index is 2880. The van der Waals surface area contributed by atoms with Crippen LogP contribution in [0.2, 0.25) is 0 Å². The van der Waals surface area contributed by atoms with Crippen LogP contribution in [0.25, 0.3) is 89.5 Å². The molecule has 0 bridgehead atoms. The van der Waals surface area contributed by atoms with Crippen molar-refractivity contribution in [1.29, 1.82) is 0 Å². The second kappa shape index (κ2) is 12.7. The first kappa shape index (κ1) is 31.8. The first-order chi connectivity index (χ1) is 27.2. The molecular formula is C51H37N3O. The SMILES string of the molecule is c1ccc(-c2nc(-c3ccc(-c4ccc(-c5ccc6c(c5)C5(CCCCC5)c5ccccc5-6)cc4)cc3)nc(-c3cccc4c3oc3ccccc34)n2)cc1. The van der Waals surface area contributed by atoms with Gasteiger partial charge in [0.25, 0.3) is 0 Å². The Labute approximate surface area is 320 Å². The summed E-state index contributed by atoms with van der Waals surface area (Å²) in [6.07, 6.45) is 6.42. The van der Waals surface area contributed by atoms with E-state index in [-0.39, 0.29) is 5.41 Å². The van der Waals surface area contributed by atoms with E-state index in [0.29, 0.717) is 17.5 Å². The molecule has 4 nitrogen and oxygen atoms in total. The van der Waals surface area contributed by atoms with Crippen molar-refractivity contribution >= 4 is 21.9 Å². The number of aromatic nitrogens is 3. The van der Waals surface area contributed by atoms with Gasteiger partial charge >= 0.3 is 0 Å². The highest BCUT2D eigenvalue weighted by Crippen LogP contribution is 2.56. The van der Waals surface area contributed by atoms with Gasteiger partial charge < -0.3 is 4.42 Å². The van der Waals surface area contributed by atoms with E-state index >= 15 is 0 Å². The molecule has 7 aromatic carbocycles. The molecule has 1 spiro atoms. The molecule has 2 aliphatic carbocycles. The van der Waals surface area contributed by atoms with E-state index in [2.05, 4.69) is 103 Å². The molecule has 1 fully saturated rings. The third-order valence-electron chi connectivity index (χ3n) is 12.0. The van der Waals surface area contributed by atoms with Crippen molar-refractivity contribution in [1.82, 2.24) is 15.0 Å². The second-order valence-electron chi connectivity index (χ2n) is 15.1. The van der Waals surface area contributed by atoms with Crippen molar-refractivity contribution in [3.63, 3.8) is 0 Å². The number of para-hydroxylation sites is 2. The molecule has 9 aromatic rings. The van der Waals surface area contributed by atoms with Crippen molar-refractivity contribution < 1.29 is 4.42 Å². The second-order valence-corrected chi connectivity index (χ2v) is 15.1. The van der Waals surface area contributed by atoms with Crippen LogP contribution in [0.1, 0.15) is 43.2 Å². The van der Waals surface area contributed by atoms with E-state index in [0.717, 1.165) is 44.2 Å². The van der Waals surface area contributed by atoms with Gasteiger partial charge in [0.2, 0.25) is 0 Å². The number of rotatable bonds is 5. The van der Waals surface area contributed by atoms with Crippen molar-refractivity contribution in [2.45, 2.75) is 37.5 Å². The molecule has 0 unspecified atom stereocenters. The highest BCUT2D eigenvalue weighted by atomic mass is 16.3. The van der Waals surface area contributed by atoms with Crippen molar-refractivity contribution in [3.8, 4) is 67.5 Å². The normalized spacial score (nSPS) is 14.3. The summed E-state index contributed by atoms with van der Waals surface area (Å²) in [4.78, 5) is 15.0. The number of fused-ring (bicyclic) bond motifs is 8. The lowest BCUT2D eigenvalue weighted by Gasteiger charge is -2.36. The smallest absolute Gasteiger partial charge is 0.167 e. The predicted molar refractivity (Wildman–Crippen MR) is 224 cm³/mol. The van der Waals surface area contributed by atoms with E-state index in [1.807, 2.05) is 60.7 Å². The lowest BCUT2D eigenvalue weighted by molar-refractivity contribution is 0.353. The minimum absolute atomic E-state index is 0.157. The highest BCUT2D eigenvalue weighted by molar-refractivity contribution is 6.09. The Morgan fingerprint density at radius 2 is 0.927 bits per heavy atom. The zero-order valence-corrected chi connectivity index (χ0v) is 30.4. The molecule has 55 heavy (non-hydrogen) atoms. The first-order valence-corrected chi connectivity index (χ1v) is 19.4. The average molecular weight is 708 g/mol. The van der Waals surface area contributed by atoms with Gasteiger partial charge in [0, 0.05) is 27.3 Å². The number of furan rings is 1. The lowest BCUT2D eigenvalue weighted by Crippen LogP contribution is -2.28. The summed E-state index contributed by atoms with van der Waals surface area (Å²) in [5.74, 6) is 1.82. The van der Waals surface area contributed by atoms with Gasteiger partial charge in [-0.3, -0.25) is 0 Å². The summed E-state index contributed by atoms with van der Waals surface area (Å²) in [5, 5.41) is 2.12. The molecule has 11 rings (SSSR count). The third kappa shape index (κ3) is 5.24. The van der Waals surface area contributed by atoms with Crippen LogP contribution in [-0.4, -0.2) is 15.0 Å². The standard InChI is InChI=1S/C51H37N3O/c1-3-12-36(13-4-1)48-52-49(54-50(53-48)43-17-11-16-42-41-15-6-8-19-46(41)55-47(42)43)37-26-24-34(25-27-37)33-20-22-35(23-21-33)38-28-29-40-39-14-5-7-18-44(39)51(45(40)32-38)30-9-2-10-31-51/h1,3-8,11-29,32H,2,9-10,30-31H2. The average Bonchev–Trinajstić information content (AvgIpc) is 3.77. The maximum Gasteiger partial charge on any atom is 0.167 e. The van der Waals surface area contributed by atoms with Crippen LogP contribution in [0.4, 0.5) is 0 Å². The van der Waals surface area contributed by atoms with Gasteiger partial charge in [-0.1, -0.05) is 165 Å². The maximum absolute atomic E-state index is 6.39. The van der Waals surface area contributed by atoms with Gasteiger partial charge in [-0.2, -0.15) is 0 Å². The largest absolute Gasteiger partial charge is 0.455 e. The minimum atomic E-state index is 0.157. The fraction of sp³-hybridized carbons (Fsp3) is 0.118. The van der Waals surface area contributed by atoms with Crippen LogP contribution < -0.4 is 0 Å². The summed E-state index contributed by atoms with van der Waals surface area (Å²) in [5.41, 5.74) is 15.2. The monoisotopic (exact) mass is 707 g/mol. The lowest BCUT2D eigenvalue weighted by atomic mass is 9.67. The van der Waals surface area contributed by atoms with E-state index in [1.54, 1.807) is 0 Å². The molecule has 2 aliphatic rings. The van der Waals surface area contributed by atoms with E-state index < -0.39 is 0 Å². The summed E-state index contributed by atoms with van der Waals surface area (Å²) < 4.78 is 6.39. The van der Waals surface area contributed by atoms with Gasteiger partial charge in [-0.05, 0) is 75.5 Å². The van der Waals surface area contributed by atoms with E-state index in [4.69, 9.17) is 19.4 Å². The van der Waals surface area contributed by atoms with E-state index in [9.17, 15) is 0 Å². The van der Waals surface area contributed by atoms with Crippen molar-refractivity contribution in [2.24, 2.45) is 0 Å². The highest BCUT2D eigenvalue weighted by Gasteiger charge is 2.43. The molecular weight excluding hydrogens is 671 g/mol. The van der Waals surface area contributed by atoms with Crippen LogP contribution in [0.5, 0.6) is 0 Å². The summed E-state index contributed by atoms with van der Waals surface area (Å²) >= 11 is 0. The fourth-order valence-electron chi connectivity index (χ4n) is 9.26. The van der Waals surface area contributed by atoms with E-state index in [1.165, 1.54) is 71.0 Å². The van der Waals surface area contributed by atoms with Gasteiger partial charge in [-0.15, -0.1) is 0 Å². The molecule has 2 heterocycles. The molecule has 0 atom stereocenters. The molecule has 0 amide bonds. The molecule has 0 aliphatic heterocycles. The molecule has 262 valence electrons. The van der Waals surface area contributed by atoms with Gasteiger partial charge in [-0.25, -0.2) is 15.0 Å². The maximum atomic E-state index is 6.39. The Morgan fingerprint density at radius 1 is 0.382 bits per heavy atom. The van der Waals surface area contributed by atoms with Crippen LogP contribution in [-0.2, 0) is 5.41 Å². The summed E-state index contributed by atoms with van der Waals surface area (Å²) in [6.45, 7) is 0. The van der Waals surface area contributed by atoms with Gasteiger partial charge in [0.1, 0.15) is 11.2 Å². The van der Waals surface area contributed by atoms with Gasteiger partial charge in [0.15, 0.2) is 17.5 Å². The van der Waals surface area contributed by atoms with Crippen LogP contribution in [0, 0.1) is 0 Å². The van der Waals surface area contributed by atoms with Crippen LogP contribution >= 0.6 is 0 Å². The minimum Gasteiger partial charge on any atom is -0.455 e. The molecule has 0 N–H and O–H groups in total. The Kier molecular flexibility index (Phi) is 7.38. The first-order valence-electron chi connectivity index (χ1n) is 19.4. The van der Waals surface area contributed by atoms with Crippen LogP contribution in [0.3, 0.4) is 0 Å². The molecule has 1 saturated carbocycles. The van der Waals surface area contributed by atoms with Gasteiger partial charge in [0.05, 0.1) is 5.56 Å².